The second kappa shape index (κ2) is 6.13. The molecule has 2 aromatic carbocycles. The van der Waals surface area contributed by atoms with Crippen LogP contribution in [-0.4, -0.2) is 4.92 Å². The molecule has 2 aromatic rings. The molecule has 0 N–H and O–H groups in total. The van der Waals surface area contributed by atoms with Crippen molar-refractivity contribution in [3.63, 3.8) is 0 Å². The van der Waals surface area contributed by atoms with Crippen LogP contribution in [0.5, 0.6) is 0 Å². The zero-order chi connectivity index (χ0) is 14.5. The van der Waals surface area contributed by atoms with E-state index in [1.165, 1.54) is 12.1 Å². The second-order valence-corrected chi connectivity index (χ2v) is 4.94. The zero-order valence-corrected chi connectivity index (χ0v) is 11.9. The number of nitro benzene ring substituents is 1. The van der Waals surface area contributed by atoms with Crippen LogP contribution in [0.3, 0.4) is 0 Å². The number of benzene rings is 2. The van der Waals surface area contributed by atoms with E-state index in [1.807, 2.05) is 24.3 Å². The molecule has 0 spiro atoms. The summed E-state index contributed by atoms with van der Waals surface area (Å²) < 4.78 is 0.925. The molecular weight excluding hydrogens is 320 g/mol. The number of nitro groups is 1. The highest BCUT2D eigenvalue weighted by atomic mass is 79.9. The van der Waals surface area contributed by atoms with Crippen LogP contribution in [0.15, 0.2) is 53.0 Å². The van der Waals surface area contributed by atoms with Crippen LogP contribution in [0.4, 0.5) is 5.69 Å². The summed E-state index contributed by atoms with van der Waals surface area (Å²) in [6.45, 7) is 0. The molecule has 5 heteroatoms. The fourth-order valence-corrected chi connectivity index (χ4v) is 1.97. The molecule has 0 fully saturated rings. The summed E-state index contributed by atoms with van der Waals surface area (Å²) in [7, 11) is 0. The smallest absolute Gasteiger partial charge is 0.258 e. The van der Waals surface area contributed by atoms with Gasteiger partial charge in [-0.3, -0.25) is 10.1 Å². The van der Waals surface area contributed by atoms with Gasteiger partial charge in [0.05, 0.1) is 16.6 Å². The van der Waals surface area contributed by atoms with Crippen molar-refractivity contribution in [2.24, 2.45) is 0 Å². The Bertz CT molecular complexity index is 715. The minimum atomic E-state index is -0.455. The Kier molecular flexibility index (Phi) is 4.28. The first-order valence-corrected chi connectivity index (χ1v) is 6.51. The van der Waals surface area contributed by atoms with Gasteiger partial charge in [0.25, 0.3) is 5.69 Å². The molecule has 0 aliphatic rings. The lowest BCUT2D eigenvalue weighted by molar-refractivity contribution is -0.384. The second-order valence-electron chi connectivity index (χ2n) is 4.03. The molecular formula is C15H9BrN2O2. The van der Waals surface area contributed by atoms with Gasteiger partial charge < -0.3 is 0 Å². The number of nitriles is 1. The van der Waals surface area contributed by atoms with E-state index in [0.717, 1.165) is 10.0 Å². The molecule has 0 heterocycles. The van der Waals surface area contributed by atoms with E-state index in [2.05, 4.69) is 22.0 Å². The fraction of sp³-hybridized carbons (Fsp3) is 0. The van der Waals surface area contributed by atoms with Gasteiger partial charge >= 0.3 is 0 Å². The van der Waals surface area contributed by atoms with Gasteiger partial charge in [-0.25, -0.2) is 0 Å². The molecule has 0 bridgehead atoms. The molecule has 2 rings (SSSR count). The van der Waals surface area contributed by atoms with Gasteiger partial charge in [0, 0.05) is 16.6 Å². The average molecular weight is 329 g/mol. The number of allylic oxidation sites excluding steroid dienone is 1. The Morgan fingerprint density at radius 1 is 1.25 bits per heavy atom. The molecule has 98 valence electrons. The quantitative estimate of drug-likeness (QED) is 0.362. The van der Waals surface area contributed by atoms with Gasteiger partial charge in [0.1, 0.15) is 0 Å². The minimum Gasteiger partial charge on any atom is -0.258 e. The lowest BCUT2D eigenvalue weighted by atomic mass is 10.0. The molecule has 20 heavy (non-hydrogen) atoms. The largest absolute Gasteiger partial charge is 0.270 e. The molecule has 0 aromatic heterocycles. The Morgan fingerprint density at radius 3 is 2.55 bits per heavy atom. The summed E-state index contributed by atoms with van der Waals surface area (Å²) in [5.41, 5.74) is 1.85. The Labute approximate surface area is 124 Å². The van der Waals surface area contributed by atoms with E-state index in [9.17, 15) is 15.4 Å². The third-order valence-electron chi connectivity index (χ3n) is 2.67. The van der Waals surface area contributed by atoms with Gasteiger partial charge in [-0.05, 0) is 29.3 Å². The van der Waals surface area contributed by atoms with Gasteiger partial charge in [0.2, 0.25) is 0 Å². The number of rotatable bonds is 3. The van der Waals surface area contributed by atoms with E-state index >= 15 is 0 Å². The van der Waals surface area contributed by atoms with Crippen molar-refractivity contribution < 1.29 is 4.92 Å². The first kappa shape index (κ1) is 14.0. The highest BCUT2D eigenvalue weighted by molar-refractivity contribution is 9.10. The van der Waals surface area contributed by atoms with Crippen molar-refractivity contribution in [3.8, 4) is 6.07 Å². The van der Waals surface area contributed by atoms with Gasteiger partial charge in [-0.15, -0.1) is 0 Å². The van der Waals surface area contributed by atoms with E-state index in [1.54, 1.807) is 18.2 Å². The topological polar surface area (TPSA) is 66.9 Å². The van der Waals surface area contributed by atoms with Crippen LogP contribution in [0.25, 0.3) is 11.6 Å². The maximum atomic E-state index is 10.7. The molecule has 0 saturated heterocycles. The number of hydrogen-bond acceptors (Lipinski definition) is 3. The van der Waals surface area contributed by atoms with Crippen LogP contribution >= 0.6 is 15.9 Å². The standard InChI is InChI=1S/C15H9BrN2O2/c16-14-6-4-12(5-7-14)13(10-17)8-11-2-1-3-15(9-11)18(19)20/h1-9H/b13-8-. The first-order valence-electron chi connectivity index (χ1n) is 5.72. The summed E-state index contributed by atoms with van der Waals surface area (Å²) in [5.74, 6) is 0. The maximum absolute atomic E-state index is 10.7. The Hall–Kier alpha value is -2.45. The zero-order valence-electron chi connectivity index (χ0n) is 10.3. The Balaban J connectivity index is 2.41. The van der Waals surface area contributed by atoms with E-state index < -0.39 is 4.92 Å². The van der Waals surface area contributed by atoms with Crippen molar-refractivity contribution in [3.05, 3.63) is 74.2 Å². The lowest BCUT2D eigenvalue weighted by Gasteiger charge is -2.00. The van der Waals surface area contributed by atoms with E-state index in [0.29, 0.717) is 11.1 Å². The summed E-state index contributed by atoms with van der Waals surface area (Å²) in [6.07, 6.45) is 1.64. The molecule has 0 aliphatic carbocycles. The number of nitrogens with zero attached hydrogens (tertiary/aromatic N) is 2. The third-order valence-corrected chi connectivity index (χ3v) is 3.20. The van der Waals surface area contributed by atoms with Crippen molar-refractivity contribution in [2.45, 2.75) is 0 Å². The monoisotopic (exact) mass is 328 g/mol. The number of non-ortho nitro benzene ring substituents is 1. The predicted octanol–water partition coefficient (Wildman–Crippen LogP) is 4.42. The molecule has 0 unspecified atom stereocenters. The average Bonchev–Trinajstić information content (AvgIpc) is 2.46. The van der Waals surface area contributed by atoms with Crippen molar-refractivity contribution in [1.82, 2.24) is 0 Å². The first-order chi connectivity index (χ1) is 9.60. The molecule has 0 amide bonds. The normalized spacial score (nSPS) is 10.9. The summed E-state index contributed by atoms with van der Waals surface area (Å²) in [4.78, 5) is 10.3. The summed E-state index contributed by atoms with van der Waals surface area (Å²) >= 11 is 3.33. The molecule has 0 atom stereocenters. The van der Waals surface area contributed by atoms with Gasteiger partial charge in [0.15, 0.2) is 0 Å². The van der Waals surface area contributed by atoms with Crippen LogP contribution in [-0.2, 0) is 0 Å². The summed E-state index contributed by atoms with van der Waals surface area (Å²) in [5, 5.41) is 20.0. The molecule has 0 saturated carbocycles. The lowest BCUT2D eigenvalue weighted by Crippen LogP contribution is -1.88. The highest BCUT2D eigenvalue weighted by Crippen LogP contribution is 2.22. The van der Waals surface area contributed by atoms with Gasteiger partial charge in [-0.1, -0.05) is 40.2 Å². The highest BCUT2D eigenvalue weighted by Gasteiger charge is 2.06. The molecule has 0 aliphatic heterocycles. The van der Waals surface area contributed by atoms with Crippen molar-refractivity contribution in [2.75, 3.05) is 0 Å². The van der Waals surface area contributed by atoms with Crippen LogP contribution in [0.2, 0.25) is 0 Å². The SMILES string of the molecule is N#C/C(=C/c1cccc([N+](=O)[O-])c1)c1ccc(Br)cc1. The van der Waals surface area contributed by atoms with Crippen molar-refractivity contribution >= 4 is 33.3 Å². The maximum Gasteiger partial charge on any atom is 0.270 e. The van der Waals surface area contributed by atoms with Gasteiger partial charge in [-0.2, -0.15) is 5.26 Å². The summed E-state index contributed by atoms with van der Waals surface area (Å²) in [6, 6.07) is 15.6. The predicted molar refractivity (Wildman–Crippen MR) is 80.7 cm³/mol. The Morgan fingerprint density at radius 2 is 1.95 bits per heavy atom. The molecule has 4 nitrogen and oxygen atoms in total. The van der Waals surface area contributed by atoms with E-state index in [-0.39, 0.29) is 5.69 Å². The third kappa shape index (κ3) is 3.31. The minimum absolute atomic E-state index is 0.00634. The van der Waals surface area contributed by atoms with Crippen LogP contribution < -0.4 is 0 Å². The number of hydrogen-bond donors (Lipinski definition) is 0. The van der Waals surface area contributed by atoms with E-state index in [4.69, 9.17) is 0 Å². The van der Waals surface area contributed by atoms with Crippen LogP contribution in [0.1, 0.15) is 11.1 Å². The fourth-order valence-electron chi connectivity index (χ4n) is 1.70. The molecule has 0 radical (unpaired) electrons. The van der Waals surface area contributed by atoms with Crippen LogP contribution in [0, 0.1) is 21.4 Å². The van der Waals surface area contributed by atoms with Crippen molar-refractivity contribution in [1.29, 1.82) is 5.26 Å². The number of halogens is 1.